The van der Waals surface area contributed by atoms with Crippen molar-refractivity contribution in [1.82, 2.24) is 9.55 Å². The zero-order valence-corrected chi connectivity index (χ0v) is 13.0. The predicted octanol–water partition coefficient (Wildman–Crippen LogP) is 1.94. The molecule has 0 saturated heterocycles. The van der Waals surface area contributed by atoms with E-state index in [1.54, 1.807) is 13.1 Å². The summed E-state index contributed by atoms with van der Waals surface area (Å²) in [5.74, 6) is 0.255. The highest BCUT2D eigenvalue weighted by molar-refractivity contribution is 5.96. The summed E-state index contributed by atoms with van der Waals surface area (Å²) in [6.45, 7) is 6.44. The van der Waals surface area contributed by atoms with Crippen LogP contribution in [-0.4, -0.2) is 41.1 Å². The van der Waals surface area contributed by atoms with E-state index in [0.717, 1.165) is 18.7 Å². The number of rotatable bonds is 10. The van der Waals surface area contributed by atoms with E-state index in [9.17, 15) is 9.59 Å². The van der Waals surface area contributed by atoms with E-state index in [2.05, 4.69) is 16.5 Å². The molecule has 1 aromatic heterocycles. The van der Waals surface area contributed by atoms with Crippen molar-refractivity contribution in [2.75, 3.05) is 19.8 Å². The molecule has 0 aliphatic rings. The van der Waals surface area contributed by atoms with Crippen molar-refractivity contribution in [3.05, 3.63) is 18.2 Å². The standard InChI is InChI=1S/C15H24N2O4/c1-4-6-14-16-7-8-17(14)12(3)10-20-11-13(18)9-15(19)21-5-2/h7-8,12H,4-6,9-11H2,1-3H3. The van der Waals surface area contributed by atoms with Gasteiger partial charge in [0.25, 0.3) is 0 Å². The molecule has 6 nitrogen and oxygen atoms in total. The van der Waals surface area contributed by atoms with E-state index in [0.29, 0.717) is 6.61 Å². The fourth-order valence-electron chi connectivity index (χ4n) is 2.01. The highest BCUT2D eigenvalue weighted by Crippen LogP contribution is 2.11. The van der Waals surface area contributed by atoms with Crippen LogP contribution in [0.15, 0.2) is 12.4 Å². The van der Waals surface area contributed by atoms with Crippen molar-refractivity contribution in [3.63, 3.8) is 0 Å². The van der Waals surface area contributed by atoms with E-state index in [4.69, 9.17) is 9.47 Å². The molecule has 0 amide bonds. The van der Waals surface area contributed by atoms with Gasteiger partial charge in [-0.2, -0.15) is 0 Å². The van der Waals surface area contributed by atoms with E-state index >= 15 is 0 Å². The van der Waals surface area contributed by atoms with Crippen molar-refractivity contribution >= 4 is 11.8 Å². The monoisotopic (exact) mass is 296 g/mol. The number of ketones is 1. The summed E-state index contributed by atoms with van der Waals surface area (Å²) >= 11 is 0. The number of ether oxygens (including phenoxy) is 2. The summed E-state index contributed by atoms with van der Waals surface area (Å²) in [7, 11) is 0. The van der Waals surface area contributed by atoms with Gasteiger partial charge in [0.2, 0.25) is 0 Å². The molecule has 0 aliphatic carbocycles. The Balaban J connectivity index is 2.33. The van der Waals surface area contributed by atoms with Gasteiger partial charge in [-0.3, -0.25) is 9.59 Å². The number of aromatic nitrogens is 2. The van der Waals surface area contributed by atoms with Gasteiger partial charge in [-0.1, -0.05) is 6.92 Å². The second kappa shape index (κ2) is 9.28. The molecular weight excluding hydrogens is 272 g/mol. The second-order valence-corrected chi connectivity index (χ2v) is 4.89. The Hall–Kier alpha value is -1.69. The fourth-order valence-corrected chi connectivity index (χ4v) is 2.01. The first-order chi connectivity index (χ1) is 10.1. The van der Waals surface area contributed by atoms with Gasteiger partial charge in [0.15, 0.2) is 5.78 Å². The molecule has 0 saturated carbocycles. The normalized spacial score (nSPS) is 12.1. The molecule has 118 valence electrons. The Labute approximate surface area is 125 Å². The number of carbonyl (C=O) groups excluding carboxylic acids is 2. The number of nitrogens with zero attached hydrogens (tertiary/aromatic N) is 2. The zero-order chi connectivity index (χ0) is 15.7. The lowest BCUT2D eigenvalue weighted by molar-refractivity contribution is -0.146. The van der Waals surface area contributed by atoms with Crippen molar-refractivity contribution in [2.24, 2.45) is 0 Å². The molecule has 0 aromatic carbocycles. The quantitative estimate of drug-likeness (QED) is 0.487. The molecule has 0 fully saturated rings. The van der Waals surface area contributed by atoms with Crippen LogP contribution in [0, 0.1) is 0 Å². The van der Waals surface area contributed by atoms with Gasteiger partial charge < -0.3 is 14.0 Å². The van der Waals surface area contributed by atoms with Gasteiger partial charge in [-0.05, 0) is 20.3 Å². The van der Waals surface area contributed by atoms with Crippen LogP contribution in [0.4, 0.5) is 0 Å². The molecule has 6 heteroatoms. The third-order valence-corrected chi connectivity index (χ3v) is 2.97. The van der Waals surface area contributed by atoms with Crippen molar-refractivity contribution in [1.29, 1.82) is 0 Å². The summed E-state index contributed by atoms with van der Waals surface area (Å²) in [6.07, 6.45) is 5.41. The van der Waals surface area contributed by atoms with Crippen LogP contribution in [-0.2, 0) is 25.5 Å². The Bertz CT molecular complexity index is 456. The van der Waals surface area contributed by atoms with Gasteiger partial charge in [0.05, 0.1) is 19.3 Å². The first-order valence-corrected chi connectivity index (χ1v) is 7.35. The number of carbonyl (C=O) groups is 2. The third kappa shape index (κ3) is 6.08. The summed E-state index contributed by atoms with van der Waals surface area (Å²) in [6, 6.07) is 0.101. The van der Waals surface area contributed by atoms with E-state index in [1.807, 2.05) is 13.1 Å². The van der Waals surface area contributed by atoms with Crippen molar-refractivity contribution in [2.45, 2.75) is 46.1 Å². The van der Waals surface area contributed by atoms with Gasteiger partial charge in [0, 0.05) is 18.8 Å². The van der Waals surface area contributed by atoms with Gasteiger partial charge in [-0.15, -0.1) is 0 Å². The average molecular weight is 296 g/mol. The summed E-state index contributed by atoms with van der Waals surface area (Å²) in [5.41, 5.74) is 0. The maximum Gasteiger partial charge on any atom is 0.313 e. The van der Waals surface area contributed by atoms with E-state index < -0.39 is 5.97 Å². The predicted molar refractivity (Wildman–Crippen MR) is 78.0 cm³/mol. The van der Waals surface area contributed by atoms with E-state index in [1.165, 1.54) is 0 Å². The van der Waals surface area contributed by atoms with Crippen LogP contribution in [0.5, 0.6) is 0 Å². The minimum absolute atomic E-state index is 0.0685. The van der Waals surface area contributed by atoms with Gasteiger partial charge in [0.1, 0.15) is 18.9 Å². The molecular formula is C15H24N2O4. The first-order valence-electron chi connectivity index (χ1n) is 7.35. The Morgan fingerprint density at radius 1 is 1.38 bits per heavy atom. The van der Waals surface area contributed by atoms with Crippen molar-refractivity contribution in [3.8, 4) is 0 Å². The lowest BCUT2D eigenvalue weighted by Crippen LogP contribution is -2.19. The van der Waals surface area contributed by atoms with Crippen molar-refractivity contribution < 1.29 is 19.1 Å². The number of hydrogen-bond acceptors (Lipinski definition) is 5. The Kier molecular flexibility index (Phi) is 7.68. The van der Waals surface area contributed by atoms with Crippen LogP contribution in [0.2, 0.25) is 0 Å². The maximum absolute atomic E-state index is 11.5. The second-order valence-electron chi connectivity index (χ2n) is 4.89. The highest BCUT2D eigenvalue weighted by atomic mass is 16.5. The minimum atomic E-state index is -0.501. The first kappa shape index (κ1) is 17.4. The number of hydrogen-bond donors (Lipinski definition) is 0. The molecule has 21 heavy (non-hydrogen) atoms. The van der Waals surface area contributed by atoms with Crippen LogP contribution in [0.3, 0.4) is 0 Å². The number of esters is 1. The maximum atomic E-state index is 11.5. The topological polar surface area (TPSA) is 70.4 Å². The molecule has 1 heterocycles. The smallest absolute Gasteiger partial charge is 0.313 e. The lowest BCUT2D eigenvalue weighted by atomic mass is 10.3. The summed E-state index contributed by atoms with van der Waals surface area (Å²) in [4.78, 5) is 27.0. The molecule has 0 bridgehead atoms. The van der Waals surface area contributed by atoms with Crippen LogP contribution in [0.1, 0.15) is 45.5 Å². The Morgan fingerprint density at radius 3 is 2.81 bits per heavy atom. The molecule has 0 aliphatic heterocycles. The highest BCUT2D eigenvalue weighted by Gasteiger charge is 2.13. The molecule has 1 atom stereocenters. The molecule has 0 N–H and O–H groups in total. The lowest BCUT2D eigenvalue weighted by Gasteiger charge is -2.16. The Morgan fingerprint density at radius 2 is 2.14 bits per heavy atom. The molecule has 0 radical (unpaired) electrons. The number of imidazole rings is 1. The molecule has 1 aromatic rings. The van der Waals surface area contributed by atoms with Crippen LogP contribution in [0.25, 0.3) is 0 Å². The van der Waals surface area contributed by atoms with Crippen LogP contribution >= 0.6 is 0 Å². The SMILES string of the molecule is CCCc1nccn1C(C)COCC(=O)CC(=O)OCC. The van der Waals surface area contributed by atoms with Gasteiger partial charge >= 0.3 is 5.97 Å². The summed E-state index contributed by atoms with van der Waals surface area (Å²) in [5, 5.41) is 0. The average Bonchev–Trinajstić information content (AvgIpc) is 2.87. The van der Waals surface area contributed by atoms with Crippen LogP contribution < -0.4 is 0 Å². The zero-order valence-electron chi connectivity index (χ0n) is 13.0. The number of Topliss-reactive ketones (excluding diaryl/α,β-unsaturated/α-hetero) is 1. The molecule has 0 spiro atoms. The fraction of sp³-hybridized carbons (Fsp3) is 0.667. The van der Waals surface area contributed by atoms with Gasteiger partial charge in [-0.25, -0.2) is 4.98 Å². The molecule has 1 unspecified atom stereocenters. The third-order valence-electron chi connectivity index (χ3n) is 2.97. The number of aryl methyl sites for hydroxylation is 1. The summed E-state index contributed by atoms with van der Waals surface area (Å²) < 4.78 is 12.2. The minimum Gasteiger partial charge on any atom is -0.466 e. The molecule has 1 rings (SSSR count). The largest absolute Gasteiger partial charge is 0.466 e. The van der Waals surface area contributed by atoms with E-state index in [-0.39, 0.29) is 31.5 Å².